The van der Waals surface area contributed by atoms with Gasteiger partial charge < -0.3 is 9.73 Å². The first-order valence-electron chi connectivity index (χ1n) is 8.77. The fourth-order valence-corrected chi connectivity index (χ4v) is 3.07. The molecular formula is C21H16N4O3S. The summed E-state index contributed by atoms with van der Waals surface area (Å²) in [6, 6.07) is 18.4. The Bertz CT molecular complexity index is 1270. The van der Waals surface area contributed by atoms with Crippen LogP contribution in [-0.2, 0) is 4.79 Å². The molecule has 0 radical (unpaired) electrons. The summed E-state index contributed by atoms with van der Waals surface area (Å²) in [5, 5.41) is 10.1. The van der Waals surface area contributed by atoms with E-state index in [-0.39, 0.29) is 22.9 Å². The van der Waals surface area contributed by atoms with Crippen LogP contribution in [0, 0.1) is 0 Å². The molecule has 29 heavy (non-hydrogen) atoms. The third-order valence-corrected chi connectivity index (χ3v) is 4.37. The lowest BCUT2D eigenvalue weighted by Crippen LogP contribution is -2.34. The fraction of sp³-hybridized carbons (Fsp3) is 0.0476. The maximum Gasteiger partial charge on any atom is 0.302 e. The zero-order chi connectivity index (χ0) is 20.4. The van der Waals surface area contributed by atoms with E-state index in [9.17, 15) is 9.59 Å². The highest BCUT2D eigenvalue weighted by atomic mass is 32.1. The Labute approximate surface area is 171 Å². The minimum absolute atomic E-state index is 0.0665. The van der Waals surface area contributed by atoms with Crippen molar-refractivity contribution in [1.82, 2.24) is 10.3 Å². The van der Waals surface area contributed by atoms with Gasteiger partial charge in [-0.05, 0) is 47.3 Å². The van der Waals surface area contributed by atoms with E-state index in [2.05, 4.69) is 20.9 Å². The van der Waals surface area contributed by atoms with Gasteiger partial charge in [0.15, 0.2) is 10.7 Å². The molecule has 4 rings (SSSR count). The van der Waals surface area contributed by atoms with Gasteiger partial charge >= 0.3 is 6.01 Å². The van der Waals surface area contributed by atoms with Crippen LogP contribution in [0.5, 0.6) is 0 Å². The number of anilines is 2. The van der Waals surface area contributed by atoms with Crippen molar-refractivity contribution in [3.05, 3.63) is 66.2 Å². The van der Waals surface area contributed by atoms with Gasteiger partial charge in [-0.1, -0.05) is 30.3 Å². The molecule has 0 atom stereocenters. The summed E-state index contributed by atoms with van der Waals surface area (Å²) >= 11 is 5.20. The van der Waals surface area contributed by atoms with Crippen LogP contribution in [0.2, 0.25) is 0 Å². The third-order valence-electron chi connectivity index (χ3n) is 4.17. The van der Waals surface area contributed by atoms with Crippen molar-refractivity contribution in [2.45, 2.75) is 6.92 Å². The van der Waals surface area contributed by atoms with Gasteiger partial charge in [0.1, 0.15) is 5.52 Å². The van der Waals surface area contributed by atoms with Crippen molar-refractivity contribution in [2.24, 2.45) is 0 Å². The minimum Gasteiger partial charge on any atom is -0.423 e. The summed E-state index contributed by atoms with van der Waals surface area (Å²) in [4.78, 5) is 27.9. The van der Waals surface area contributed by atoms with Crippen LogP contribution in [0.1, 0.15) is 17.3 Å². The van der Waals surface area contributed by atoms with Crippen LogP contribution in [-0.4, -0.2) is 21.9 Å². The van der Waals surface area contributed by atoms with Gasteiger partial charge in [-0.2, -0.15) is 4.98 Å². The number of nitrogens with one attached hydrogen (secondary N) is 3. The van der Waals surface area contributed by atoms with Crippen molar-refractivity contribution >= 4 is 62.7 Å². The average Bonchev–Trinajstić information content (AvgIpc) is 3.08. The van der Waals surface area contributed by atoms with Gasteiger partial charge in [0, 0.05) is 24.2 Å². The molecule has 0 fully saturated rings. The average molecular weight is 404 g/mol. The van der Waals surface area contributed by atoms with Crippen molar-refractivity contribution in [3.8, 4) is 0 Å². The Balaban J connectivity index is 1.45. The molecule has 2 amide bonds. The first-order valence-corrected chi connectivity index (χ1v) is 9.18. The summed E-state index contributed by atoms with van der Waals surface area (Å²) in [5.74, 6) is -0.517. The van der Waals surface area contributed by atoms with E-state index in [1.165, 1.54) is 6.92 Å². The predicted octanol–water partition coefficient (Wildman–Crippen LogP) is 4.07. The molecule has 8 heteroatoms. The van der Waals surface area contributed by atoms with Gasteiger partial charge in [-0.3, -0.25) is 20.2 Å². The number of benzene rings is 3. The molecule has 1 heterocycles. The van der Waals surface area contributed by atoms with E-state index in [1.807, 2.05) is 30.3 Å². The number of fused-ring (bicyclic) bond motifs is 2. The second-order valence-electron chi connectivity index (χ2n) is 6.35. The van der Waals surface area contributed by atoms with E-state index in [4.69, 9.17) is 16.6 Å². The standard InChI is InChI=1S/C21H16N4O3S/c1-12(26)22-16-8-9-17-18(11-16)28-20(23-17)25-21(29)24-19(27)15-7-6-13-4-2-3-5-14(13)10-15/h2-11H,1H3,(H,22,26)(H2,23,24,25,27,29). The number of rotatable bonds is 3. The Hall–Kier alpha value is -3.78. The summed E-state index contributed by atoms with van der Waals surface area (Å²) in [7, 11) is 0. The highest BCUT2D eigenvalue weighted by molar-refractivity contribution is 7.80. The number of nitrogens with zero attached hydrogens (tertiary/aromatic N) is 1. The van der Waals surface area contributed by atoms with Crippen molar-refractivity contribution in [1.29, 1.82) is 0 Å². The first kappa shape index (κ1) is 18.6. The number of thiocarbonyl (C=S) groups is 1. The lowest BCUT2D eigenvalue weighted by molar-refractivity contribution is -0.114. The Morgan fingerprint density at radius 1 is 0.966 bits per heavy atom. The van der Waals surface area contributed by atoms with Gasteiger partial charge in [0.25, 0.3) is 5.91 Å². The fourth-order valence-electron chi connectivity index (χ4n) is 2.89. The smallest absolute Gasteiger partial charge is 0.302 e. The second kappa shape index (κ2) is 7.69. The lowest BCUT2D eigenvalue weighted by atomic mass is 10.1. The van der Waals surface area contributed by atoms with Gasteiger partial charge in [0.2, 0.25) is 5.91 Å². The molecule has 3 aromatic carbocycles. The minimum atomic E-state index is -0.336. The molecule has 3 N–H and O–H groups in total. The summed E-state index contributed by atoms with van der Waals surface area (Å²) in [6.45, 7) is 1.42. The largest absolute Gasteiger partial charge is 0.423 e. The topological polar surface area (TPSA) is 96.3 Å². The Morgan fingerprint density at radius 3 is 2.55 bits per heavy atom. The molecule has 0 bridgehead atoms. The second-order valence-corrected chi connectivity index (χ2v) is 6.76. The van der Waals surface area contributed by atoms with Crippen molar-refractivity contribution in [3.63, 3.8) is 0 Å². The number of carbonyl (C=O) groups excluding carboxylic acids is 2. The maximum absolute atomic E-state index is 12.5. The van der Waals surface area contributed by atoms with Crippen molar-refractivity contribution in [2.75, 3.05) is 10.6 Å². The molecule has 7 nitrogen and oxygen atoms in total. The lowest BCUT2D eigenvalue weighted by Gasteiger charge is -2.07. The molecule has 0 saturated heterocycles. The Morgan fingerprint density at radius 2 is 1.76 bits per heavy atom. The van der Waals surface area contributed by atoms with E-state index >= 15 is 0 Å². The van der Waals surface area contributed by atoms with Crippen molar-refractivity contribution < 1.29 is 14.0 Å². The van der Waals surface area contributed by atoms with E-state index in [1.54, 1.807) is 30.3 Å². The molecule has 144 valence electrons. The molecule has 4 aromatic rings. The number of amides is 2. The number of hydrogen-bond donors (Lipinski definition) is 3. The maximum atomic E-state index is 12.5. The quantitative estimate of drug-likeness (QED) is 0.446. The van der Waals surface area contributed by atoms with Crippen LogP contribution in [0.25, 0.3) is 21.9 Å². The SMILES string of the molecule is CC(=O)Nc1ccc2nc(NC(=S)NC(=O)c3ccc4ccccc4c3)oc2c1. The molecular weight excluding hydrogens is 388 g/mol. The van der Waals surface area contributed by atoms with Gasteiger partial charge in [-0.25, -0.2) is 0 Å². The molecule has 0 aliphatic carbocycles. The summed E-state index contributed by atoms with van der Waals surface area (Å²) in [6.07, 6.45) is 0. The highest BCUT2D eigenvalue weighted by Gasteiger charge is 2.12. The van der Waals surface area contributed by atoms with E-state index in [0.29, 0.717) is 22.4 Å². The monoisotopic (exact) mass is 404 g/mol. The molecule has 0 aliphatic heterocycles. The van der Waals surface area contributed by atoms with E-state index in [0.717, 1.165) is 10.8 Å². The van der Waals surface area contributed by atoms with Crippen LogP contribution in [0.4, 0.5) is 11.7 Å². The zero-order valence-electron chi connectivity index (χ0n) is 15.4. The zero-order valence-corrected chi connectivity index (χ0v) is 16.2. The normalized spacial score (nSPS) is 10.7. The Kier molecular flexibility index (Phi) is 4.92. The van der Waals surface area contributed by atoms with Crippen LogP contribution < -0.4 is 16.0 Å². The number of carbonyl (C=O) groups is 2. The van der Waals surface area contributed by atoms with Crippen LogP contribution in [0.3, 0.4) is 0 Å². The number of aromatic nitrogens is 1. The molecule has 1 aromatic heterocycles. The van der Waals surface area contributed by atoms with Gasteiger partial charge in [0.05, 0.1) is 0 Å². The number of hydrogen-bond acceptors (Lipinski definition) is 5. The molecule has 0 unspecified atom stereocenters. The van der Waals surface area contributed by atoms with Gasteiger partial charge in [-0.15, -0.1) is 0 Å². The summed E-state index contributed by atoms with van der Waals surface area (Å²) < 4.78 is 5.59. The molecule has 0 aliphatic rings. The van der Waals surface area contributed by atoms with Crippen LogP contribution >= 0.6 is 12.2 Å². The van der Waals surface area contributed by atoms with E-state index < -0.39 is 0 Å². The van der Waals surface area contributed by atoms with Crippen LogP contribution in [0.15, 0.2) is 65.1 Å². The molecule has 0 saturated carbocycles. The highest BCUT2D eigenvalue weighted by Crippen LogP contribution is 2.22. The summed E-state index contributed by atoms with van der Waals surface area (Å²) in [5.41, 5.74) is 2.15. The predicted molar refractivity (Wildman–Crippen MR) is 116 cm³/mol. The first-order chi connectivity index (χ1) is 14.0. The third kappa shape index (κ3) is 4.22. The number of oxazole rings is 1. The molecule has 0 spiro atoms.